The number of fused-ring (bicyclic) bond motifs is 1. The summed E-state index contributed by atoms with van der Waals surface area (Å²) < 4.78 is 0. The van der Waals surface area contributed by atoms with Gasteiger partial charge in [0.05, 0.1) is 17.1 Å². The summed E-state index contributed by atoms with van der Waals surface area (Å²) in [6.07, 6.45) is 6.64. The van der Waals surface area contributed by atoms with E-state index in [0.717, 1.165) is 46.9 Å². The van der Waals surface area contributed by atoms with E-state index in [1.165, 1.54) is 42.3 Å². The van der Waals surface area contributed by atoms with Crippen LogP contribution in [-0.2, 0) is 17.8 Å². The molecule has 0 radical (unpaired) electrons. The number of thioether (sulfide) groups is 1. The molecule has 4 aromatic carbocycles. The van der Waals surface area contributed by atoms with Gasteiger partial charge in [0.15, 0.2) is 0 Å². The van der Waals surface area contributed by atoms with Gasteiger partial charge in [-0.1, -0.05) is 67.2 Å². The molecule has 4 aromatic rings. The Labute approximate surface area is 252 Å². The molecule has 1 saturated heterocycles. The van der Waals surface area contributed by atoms with Gasteiger partial charge in [-0.2, -0.15) is 0 Å². The van der Waals surface area contributed by atoms with Crippen molar-refractivity contribution in [1.82, 2.24) is 0 Å². The van der Waals surface area contributed by atoms with Crippen LogP contribution in [0.4, 0.5) is 17.1 Å². The van der Waals surface area contributed by atoms with Gasteiger partial charge in [-0.3, -0.25) is 9.59 Å². The zero-order chi connectivity index (χ0) is 28.9. The average molecular weight is 574 g/mol. The van der Waals surface area contributed by atoms with Gasteiger partial charge in [0, 0.05) is 34.9 Å². The maximum absolute atomic E-state index is 13.7. The minimum Gasteiger partial charge on any atom is -0.372 e. The zero-order valence-electron chi connectivity index (χ0n) is 23.9. The summed E-state index contributed by atoms with van der Waals surface area (Å²) in [4.78, 5) is 32.7. The van der Waals surface area contributed by atoms with Crippen LogP contribution in [0.25, 0.3) is 6.08 Å². The molecule has 1 N–H and O–H groups in total. The van der Waals surface area contributed by atoms with Crippen LogP contribution in [0.15, 0.2) is 107 Å². The molecule has 2 aliphatic rings. The molecule has 0 aromatic heterocycles. The van der Waals surface area contributed by atoms with Crippen molar-refractivity contribution in [2.24, 2.45) is 0 Å². The second-order valence-corrected chi connectivity index (χ2v) is 11.9. The molecule has 0 bridgehead atoms. The fraction of sp³-hybridized carbons (Fsp3) is 0.222. The van der Waals surface area contributed by atoms with Crippen LogP contribution in [0.1, 0.15) is 53.2 Å². The van der Waals surface area contributed by atoms with Crippen molar-refractivity contribution in [2.45, 2.75) is 44.0 Å². The van der Waals surface area contributed by atoms with Crippen LogP contribution in [0.3, 0.4) is 0 Å². The molecule has 5 nitrogen and oxygen atoms in total. The van der Waals surface area contributed by atoms with Crippen molar-refractivity contribution in [3.63, 3.8) is 0 Å². The lowest BCUT2D eigenvalue weighted by Crippen LogP contribution is -2.33. The Balaban J connectivity index is 1.16. The van der Waals surface area contributed by atoms with Crippen LogP contribution in [0, 0.1) is 0 Å². The molecule has 42 heavy (non-hydrogen) atoms. The van der Waals surface area contributed by atoms with Gasteiger partial charge in [-0.15, -0.1) is 0 Å². The number of carbonyl (C=O) groups is 2. The van der Waals surface area contributed by atoms with E-state index >= 15 is 0 Å². The lowest BCUT2D eigenvalue weighted by Gasteiger charge is -2.30. The zero-order valence-corrected chi connectivity index (χ0v) is 24.7. The number of hydrogen-bond donors (Lipinski definition) is 1. The molecule has 2 amide bonds. The Hall–Kier alpha value is -4.29. The number of piperidine rings is 1. The molecule has 6 rings (SSSR count). The maximum atomic E-state index is 13.7. The van der Waals surface area contributed by atoms with Gasteiger partial charge in [0.1, 0.15) is 0 Å². The number of aryl methyl sites for hydroxylation is 1. The maximum Gasteiger partial charge on any atom is 0.265 e. The molecule has 0 atom stereocenters. The van der Waals surface area contributed by atoms with Crippen LogP contribution >= 0.6 is 11.8 Å². The van der Waals surface area contributed by atoms with Crippen molar-refractivity contribution in [3.8, 4) is 0 Å². The molecule has 0 unspecified atom stereocenters. The van der Waals surface area contributed by atoms with Crippen molar-refractivity contribution in [3.05, 3.63) is 124 Å². The van der Waals surface area contributed by atoms with Crippen LogP contribution < -0.4 is 15.1 Å². The number of benzene rings is 4. The summed E-state index contributed by atoms with van der Waals surface area (Å²) >= 11 is 1.49. The van der Waals surface area contributed by atoms with Gasteiger partial charge in [-0.05, 0) is 97.0 Å². The first-order valence-electron chi connectivity index (χ1n) is 14.7. The SMILES string of the molecule is CCc1cccc(CN2C(=O)/C(=C/c3ccc(C(=O)Nc4ccc(N5CCCCC5)cc4)cc3)Sc3ccccc32)c1. The van der Waals surface area contributed by atoms with E-state index in [0.29, 0.717) is 17.0 Å². The molecular formula is C36H35N3O2S. The first kappa shape index (κ1) is 27.9. The third-order valence-corrected chi connectivity index (χ3v) is 8.97. The third kappa shape index (κ3) is 6.29. The van der Waals surface area contributed by atoms with Crippen molar-refractivity contribution in [1.29, 1.82) is 0 Å². The largest absolute Gasteiger partial charge is 0.372 e. The number of nitrogens with zero attached hydrogens (tertiary/aromatic N) is 2. The third-order valence-electron chi connectivity index (χ3n) is 7.89. The van der Waals surface area contributed by atoms with E-state index in [1.807, 2.05) is 65.6 Å². The number of rotatable bonds is 7. The van der Waals surface area contributed by atoms with E-state index in [1.54, 1.807) is 0 Å². The van der Waals surface area contributed by atoms with Gasteiger partial charge >= 0.3 is 0 Å². The minimum absolute atomic E-state index is 0.0181. The molecular weight excluding hydrogens is 538 g/mol. The molecule has 2 heterocycles. The summed E-state index contributed by atoms with van der Waals surface area (Å²) in [7, 11) is 0. The van der Waals surface area contributed by atoms with Gasteiger partial charge in [-0.25, -0.2) is 0 Å². The van der Waals surface area contributed by atoms with E-state index in [2.05, 4.69) is 59.6 Å². The highest BCUT2D eigenvalue weighted by Crippen LogP contribution is 2.42. The lowest BCUT2D eigenvalue weighted by atomic mass is 10.1. The molecule has 212 valence electrons. The summed E-state index contributed by atoms with van der Waals surface area (Å²) in [5.41, 5.74) is 6.73. The number of hydrogen-bond acceptors (Lipinski definition) is 4. The van der Waals surface area contributed by atoms with E-state index in [4.69, 9.17) is 0 Å². The van der Waals surface area contributed by atoms with Gasteiger partial charge in [0.25, 0.3) is 11.8 Å². The van der Waals surface area contributed by atoms with Crippen LogP contribution in [0.5, 0.6) is 0 Å². The molecule has 6 heteroatoms. The lowest BCUT2D eigenvalue weighted by molar-refractivity contribution is -0.114. The Morgan fingerprint density at radius 1 is 0.857 bits per heavy atom. The molecule has 0 aliphatic carbocycles. The highest BCUT2D eigenvalue weighted by atomic mass is 32.2. The van der Waals surface area contributed by atoms with Crippen molar-refractivity contribution < 1.29 is 9.59 Å². The van der Waals surface area contributed by atoms with E-state index in [-0.39, 0.29) is 11.8 Å². The summed E-state index contributed by atoms with van der Waals surface area (Å²) in [6, 6.07) is 32.0. The number of anilines is 3. The molecule has 0 saturated carbocycles. The monoisotopic (exact) mass is 573 g/mol. The van der Waals surface area contributed by atoms with Crippen LogP contribution in [0.2, 0.25) is 0 Å². The second-order valence-electron chi connectivity index (χ2n) is 10.8. The van der Waals surface area contributed by atoms with E-state index in [9.17, 15) is 9.59 Å². The standard InChI is InChI=1S/C36H35N3O2S/c1-2-26-9-8-10-28(23-26)25-39-32-11-4-5-12-33(32)42-34(36(39)41)24-27-13-15-29(16-14-27)35(40)37-30-17-19-31(20-18-30)38-21-6-3-7-22-38/h4-5,8-20,23-24H,2-3,6-7,21-22,25H2,1H3,(H,37,40)/b34-24-. The Bertz CT molecular complexity index is 1610. The first-order chi connectivity index (χ1) is 20.6. The summed E-state index contributed by atoms with van der Waals surface area (Å²) in [6.45, 7) is 4.84. The average Bonchev–Trinajstić information content (AvgIpc) is 3.04. The Kier molecular flexibility index (Phi) is 8.42. The molecule has 0 spiro atoms. The molecule has 2 aliphatic heterocycles. The number of para-hydroxylation sites is 1. The predicted molar refractivity (Wildman–Crippen MR) is 174 cm³/mol. The molecule has 1 fully saturated rings. The quantitative estimate of drug-likeness (QED) is 0.227. The Morgan fingerprint density at radius 3 is 2.36 bits per heavy atom. The highest BCUT2D eigenvalue weighted by Gasteiger charge is 2.29. The fourth-order valence-corrected chi connectivity index (χ4v) is 6.60. The fourth-order valence-electron chi connectivity index (χ4n) is 5.54. The topological polar surface area (TPSA) is 52.7 Å². The normalized spacial score (nSPS) is 15.9. The number of amides is 2. The van der Waals surface area contributed by atoms with Crippen LogP contribution in [-0.4, -0.2) is 24.9 Å². The van der Waals surface area contributed by atoms with Crippen molar-refractivity contribution >= 4 is 46.7 Å². The highest BCUT2D eigenvalue weighted by molar-refractivity contribution is 8.04. The first-order valence-corrected chi connectivity index (χ1v) is 15.5. The van der Waals surface area contributed by atoms with E-state index < -0.39 is 0 Å². The van der Waals surface area contributed by atoms with Crippen molar-refractivity contribution in [2.75, 3.05) is 28.2 Å². The minimum atomic E-state index is -0.155. The summed E-state index contributed by atoms with van der Waals surface area (Å²) in [5.74, 6) is -0.173. The summed E-state index contributed by atoms with van der Waals surface area (Å²) in [5, 5.41) is 3.01. The number of nitrogens with one attached hydrogen (secondary N) is 1. The smallest absolute Gasteiger partial charge is 0.265 e. The van der Waals surface area contributed by atoms with Gasteiger partial charge < -0.3 is 15.1 Å². The Morgan fingerprint density at radius 2 is 1.60 bits per heavy atom. The predicted octanol–water partition coefficient (Wildman–Crippen LogP) is 8.17. The number of carbonyl (C=O) groups excluding carboxylic acids is 2. The van der Waals surface area contributed by atoms with Gasteiger partial charge in [0.2, 0.25) is 0 Å². The second kappa shape index (κ2) is 12.7.